The number of nitrogens with zero attached hydrogens (tertiary/aromatic N) is 4. The Hall–Kier alpha value is -2.54. The van der Waals surface area contributed by atoms with Gasteiger partial charge in [0.1, 0.15) is 17.1 Å². The van der Waals surface area contributed by atoms with E-state index in [1.54, 1.807) is 6.33 Å². The molecule has 0 aliphatic rings. The van der Waals surface area contributed by atoms with Crippen LogP contribution in [0.15, 0.2) is 36.7 Å². The molecule has 0 amide bonds. The van der Waals surface area contributed by atoms with E-state index in [9.17, 15) is 0 Å². The zero-order chi connectivity index (χ0) is 14.8. The fourth-order valence-corrected chi connectivity index (χ4v) is 2.28. The molecule has 1 aromatic carbocycles. The monoisotopic (exact) mass is 298 g/mol. The first-order chi connectivity index (χ1) is 10.1. The van der Waals surface area contributed by atoms with Crippen molar-refractivity contribution >= 4 is 33.9 Å². The van der Waals surface area contributed by atoms with Gasteiger partial charge in [0, 0.05) is 18.0 Å². The molecule has 21 heavy (non-hydrogen) atoms. The smallest absolute Gasteiger partial charge is 0.151 e. The van der Waals surface area contributed by atoms with Crippen LogP contribution >= 0.6 is 12.2 Å². The Kier molecular flexibility index (Phi) is 3.49. The molecule has 0 aliphatic heterocycles. The molecule has 3 aromatic rings. The fourth-order valence-electron chi connectivity index (χ4n) is 2.11. The predicted octanol–water partition coefficient (Wildman–Crippen LogP) is 1.61. The van der Waals surface area contributed by atoms with Gasteiger partial charge in [0.05, 0.1) is 12.1 Å². The van der Waals surface area contributed by atoms with Crippen LogP contribution < -0.4 is 11.1 Å². The Balaban J connectivity index is 1.95. The van der Waals surface area contributed by atoms with Gasteiger partial charge in [0.15, 0.2) is 5.82 Å². The lowest BCUT2D eigenvalue weighted by molar-refractivity contribution is 0.810. The number of nitrogens with two attached hydrogens (primary N) is 1. The number of nitrogens with one attached hydrogen (secondary N) is 1. The molecule has 7 heteroatoms. The molecule has 0 unspecified atom stereocenters. The molecule has 3 N–H and O–H groups in total. The van der Waals surface area contributed by atoms with E-state index in [-0.39, 0.29) is 0 Å². The third-order valence-corrected chi connectivity index (χ3v) is 3.43. The van der Waals surface area contributed by atoms with Gasteiger partial charge < -0.3 is 15.6 Å². The summed E-state index contributed by atoms with van der Waals surface area (Å²) in [5.41, 5.74) is 7.48. The summed E-state index contributed by atoms with van der Waals surface area (Å²) >= 11 is 5.13. The molecular formula is C14H14N6S. The zero-order valence-electron chi connectivity index (χ0n) is 11.4. The topological polar surface area (TPSA) is 81.7 Å². The maximum absolute atomic E-state index is 5.81. The summed E-state index contributed by atoms with van der Waals surface area (Å²) in [5.74, 6) is 1.53. The van der Waals surface area contributed by atoms with Crippen LogP contribution in [-0.4, -0.2) is 24.7 Å². The summed E-state index contributed by atoms with van der Waals surface area (Å²) < 4.78 is 1.85. The van der Waals surface area contributed by atoms with Crippen LogP contribution in [0.5, 0.6) is 0 Å². The van der Waals surface area contributed by atoms with Gasteiger partial charge in [-0.25, -0.2) is 4.98 Å². The molecule has 0 atom stereocenters. The molecule has 0 radical (unpaired) electrons. The number of hydrogen-bond donors (Lipinski definition) is 2. The summed E-state index contributed by atoms with van der Waals surface area (Å²) in [4.78, 5) is 4.92. The van der Waals surface area contributed by atoms with Crippen LogP contribution in [0.2, 0.25) is 0 Å². The lowest BCUT2D eigenvalue weighted by Crippen LogP contribution is -2.12. The first-order valence-electron chi connectivity index (χ1n) is 6.41. The second-order valence-electron chi connectivity index (χ2n) is 4.65. The second-order valence-corrected chi connectivity index (χ2v) is 5.09. The highest BCUT2D eigenvalue weighted by molar-refractivity contribution is 7.80. The molecular weight excluding hydrogens is 284 g/mol. The molecule has 2 heterocycles. The lowest BCUT2D eigenvalue weighted by Gasteiger charge is -2.10. The van der Waals surface area contributed by atoms with Crippen molar-refractivity contribution in [2.24, 2.45) is 12.8 Å². The summed E-state index contributed by atoms with van der Waals surface area (Å²) in [6, 6.07) is 9.64. The minimum atomic E-state index is 0.357. The molecule has 0 saturated carbocycles. The number of anilines is 1. The highest BCUT2D eigenvalue weighted by Gasteiger charge is 2.08. The van der Waals surface area contributed by atoms with Crippen LogP contribution in [0, 0.1) is 0 Å². The van der Waals surface area contributed by atoms with Gasteiger partial charge >= 0.3 is 0 Å². The van der Waals surface area contributed by atoms with Gasteiger partial charge in [0.2, 0.25) is 0 Å². The summed E-state index contributed by atoms with van der Waals surface area (Å²) in [6.45, 7) is 0.526. The predicted molar refractivity (Wildman–Crippen MR) is 86.0 cm³/mol. The van der Waals surface area contributed by atoms with E-state index in [0.717, 1.165) is 22.3 Å². The number of pyridine rings is 1. The second kappa shape index (κ2) is 5.45. The molecule has 106 valence electrons. The average molecular weight is 298 g/mol. The minimum absolute atomic E-state index is 0.357. The van der Waals surface area contributed by atoms with Crippen LogP contribution in [0.4, 0.5) is 5.82 Å². The van der Waals surface area contributed by atoms with E-state index < -0.39 is 0 Å². The van der Waals surface area contributed by atoms with Crippen LogP contribution in [-0.2, 0) is 13.6 Å². The summed E-state index contributed by atoms with van der Waals surface area (Å²) in [7, 11) is 1.89. The Labute approximate surface area is 127 Å². The molecule has 3 rings (SSSR count). The highest BCUT2D eigenvalue weighted by atomic mass is 32.1. The molecule has 0 bridgehead atoms. The molecule has 0 spiro atoms. The standard InChI is InChI=1S/C14H14N6S/c1-20-8-17-19-13(20)7-16-12-6-10(14(15)21)9-4-2-3-5-11(9)18-12/h2-6,8H,7H2,1H3,(H2,15,21)(H,16,18). The SMILES string of the molecule is Cn1cnnc1CNc1cc(C(N)=S)c2ccccc2n1. The van der Waals surface area contributed by atoms with Gasteiger partial charge in [-0.3, -0.25) is 0 Å². The summed E-state index contributed by atoms with van der Waals surface area (Å²) in [5, 5.41) is 12.0. The first kappa shape index (κ1) is 13.4. The normalized spacial score (nSPS) is 10.7. The van der Waals surface area contributed by atoms with Gasteiger partial charge in [0.25, 0.3) is 0 Å². The first-order valence-corrected chi connectivity index (χ1v) is 6.82. The van der Waals surface area contributed by atoms with E-state index in [1.807, 2.05) is 41.9 Å². The summed E-state index contributed by atoms with van der Waals surface area (Å²) in [6.07, 6.45) is 1.66. The minimum Gasteiger partial charge on any atom is -0.389 e. The number of rotatable bonds is 4. The Bertz CT molecular complexity index is 810. The van der Waals surface area contributed by atoms with E-state index in [1.165, 1.54) is 0 Å². The number of para-hydroxylation sites is 1. The highest BCUT2D eigenvalue weighted by Crippen LogP contribution is 2.21. The van der Waals surface area contributed by atoms with Crippen LogP contribution in [0.25, 0.3) is 10.9 Å². The van der Waals surface area contributed by atoms with Crippen molar-refractivity contribution in [2.75, 3.05) is 5.32 Å². The molecule has 6 nitrogen and oxygen atoms in total. The number of aromatic nitrogens is 4. The van der Waals surface area contributed by atoms with Gasteiger partial charge in [-0.2, -0.15) is 0 Å². The maximum atomic E-state index is 5.81. The van der Waals surface area contributed by atoms with Crippen molar-refractivity contribution in [1.29, 1.82) is 0 Å². The number of aryl methyl sites for hydroxylation is 1. The van der Waals surface area contributed by atoms with E-state index in [0.29, 0.717) is 17.4 Å². The van der Waals surface area contributed by atoms with Crippen LogP contribution in [0.3, 0.4) is 0 Å². The molecule has 0 fully saturated rings. The number of fused-ring (bicyclic) bond motifs is 1. The number of benzene rings is 1. The number of hydrogen-bond acceptors (Lipinski definition) is 5. The average Bonchev–Trinajstić information content (AvgIpc) is 2.89. The largest absolute Gasteiger partial charge is 0.389 e. The Morgan fingerprint density at radius 2 is 2.19 bits per heavy atom. The zero-order valence-corrected chi connectivity index (χ0v) is 12.3. The molecule has 2 aromatic heterocycles. The maximum Gasteiger partial charge on any atom is 0.151 e. The van der Waals surface area contributed by atoms with Gasteiger partial charge in [-0.1, -0.05) is 30.4 Å². The lowest BCUT2D eigenvalue weighted by atomic mass is 10.1. The van der Waals surface area contributed by atoms with Crippen molar-refractivity contribution in [3.63, 3.8) is 0 Å². The Morgan fingerprint density at radius 3 is 2.90 bits per heavy atom. The van der Waals surface area contributed by atoms with Crippen molar-refractivity contribution in [1.82, 2.24) is 19.7 Å². The quantitative estimate of drug-likeness (QED) is 0.712. The third-order valence-electron chi connectivity index (χ3n) is 3.21. The molecule has 0 aliphatic carbocycles. The van der Waals surface area contributed by atoms with E-state index >= 15 is 0 Å². The molecule has 0 saturated heterocycles. The van der Waals surface area contributed by atoms with Crippen molar-refractivity contribution in [2.45, 2.75) is 6.54 Å². The third kappa shape index (κ3) is 2.68. The van der Waals surface area contributed by atoms with Gasteiger partial charge in [-0.05, 0) is 12.1 Å². The van der Waals surface area contributed by atoms with Crippen molar-refractivity contribution < 1.29 is 0 Å². The Morgan fingerprint density at radius 1 is 1.38 bits per heavy atom. The van der Waals surface area contributed by atoms with E-state index in [2.05, 4.69) is 20.5 Å². The van der Waals surface area contributed by atoms with E-state index in [4.69, 9.17) is 18.0 Å². The fraction of sp³-hybridized carbons (Fsp3) is 0.143. The van der Waals surface area contributed by atoms with Crippen molar-refractivity contribution in [3.8, 4) is 0 Å². The van der Waals surface area contributed by atoms with Gasteiger partial charge in [-0.15, -0.1) is 10.2 Å². The van der Waals surface area contributed by atoms with Crippen molar-refractivity contribution in [3.05, 3.63) is 48.0 Å². The van der Waals surface area contributed by atoms with Crippen LogP contribution in [0.1, 0.15) is 11.4 Å². The number of thiocarbonyl (C=S) groups is 1.